The molecule has 2 N–H and O–H groups in total. The molecule has 0 saturated heterocycles. The Morgan fingerprint density at radius 2 is 1.72 bits per heavy atom. The lowest BCUT2D eigenvalue weighted by Gasteiger charge is -2.09. The zero-order valence-electron chi connectivity index (χ0n) is 9.88. The van der Waals surface area contributed by atoms with Crippen LogP contribution in [0.1, 0.15) is 5.56 Å². The standard InChI is InChI=1S/C14H12N2O2/c1-17-11-3-5-12(6-4-11)18-14-8-10(9-15)2-7-13(14)16/h2-8H,16H2,1H3. The van der Waals surface area contributed by atoms with Crippen molar-refractivity contribution in [1.29, 1.82) is 5.26 Å². The average Bonchev–Trinajstić information content (AvgIpc) is 2.42. The lowest BCUT2D eigenvalue weighted by Crippen LogP contribution is -1.93. The fourth-order valence-corrected chi connectivity index (χ4v) is 1.46. The molecule has 2 rings (SSSR count). The number of nitrogens with zero attached hydrogens (tertiary/aromatic N) is 1. The monoisotopic (exact) mass is 240 g/mol. The quantitative estimate of drug-likeness (QED) is 0.837. The van der Waals surface area contributed by atoms with Crippen molar-refractivity contribution in [2.24, 2.45) is 0 Å². The van der Waals surface area contributed by atoms with E-state index in [1.54, 1.807) is 49.6 Å². The highest BCUT2D eigenvalue weighted by atomic mass is 16.5. The Bertz CT molecular complexity index is 586. The Hall–Kier alpha value is -2.67. The molecule has 2 aromatic rings. The molecule has 90 valence electrons. The van der Waals surface area contributed by atoms with Crippen LogP contribution in [0.3, 0.4) is 0 Å². The van der Waals surface area contributed by atoms with E-state index >= 15 is 0 Å². The maximum Gasteiger partial charge on any atom is 0.151 e. The first kappa shape index (κ1) is 11.8. The van der Waals surface area contributed by atoms with Crippen LogP contribution in [-0.4, -0.2) is 7.11 Å². The molecular formula is C14H12N2O2. The molecule has 2 aromatic carbocycles. The summed E-state index contributed by atoms with van der Waals surface area (Å²) < 4.78 is 10.7. The van der Waals surface area contributed by atoms with Gasteiger partial charge in [0.1, 0.15) is 11.5 Å². The lowest BCUT2D eigenvalue weighted by molar-refractivity contribution is 0.413. The summed E-state index contributed by atoms with van der Waals surface area (Å²) in [6.07, 6.45) is 0. The van der Waals surface area contributed by atoms with Gasteiger partial charge in [-0.05, 0) is 36.4 Å². The van der Waals surface area contributed by atoms with E-state index in [9.17, 15) is 0 Å². The molecule has 0 aliphatic carbocycles. The molecule has 0 atom stereocenters. The number of benzene rings is 2. The van der Waals surface area contributed by atoms with Crippen molar-refractivity contribution < 1.29 is 9.47 Å². The minimum Gasteiger partial charge on any atom is -0.497 e. The van der Waals surface area contributed by atoms with Crippen LogP contribution < -0.4 is 15.2 Å². The summed E-state index contributed by atoms with van der Waals surface area (Å²) in [4.78, 5) is 0. The molecule has 0 heterocycles. The zero-order valence-corrected chi connectivity index (χ0v) is 9.88. The fraction of sp³-hybridized carbons (Fsp3) is 0.0714. The first-order valence-electron chi connectivity index (χ1n) is 5.34. The van der Waals surface area contributed by atoms with Crippen molar-refractivity contribution >= 4 is 5.69 Å². The van der Waals surface area contributed by atoms with E-state index in [1.165, 1.54) is 0 Å². The topological polar surface area (TPSA) is 68.3 Å². The number of nitriles is 1. The van der Waals surface area contributed by atoms with E-state index in [0.29, 0.717) is 22.7 Å². The van der Waals surface area contributed by atoms with Crippen molar-refractivity contribution in [2.45, 2.75) is 0 Å². The largest absolute Gasteiger partial charge is 0.497 e. The molecule has 0 unspecified atom stereocenters. The Morgan fingerprint density at radius 1 is 1.06 bits per heavy atom. The summed E-state index contributed by atoms with van der Waals surface area (Å²) in [5.41, 5.74) is 6.79. The van der Waals surface area contributed by atoms with Gasteiger partial charge in [0.05, 0.1) is 24.4 Å². The van der Waals surface area contributed by atoms with Gasteiger partial charge in [0.15, 0.2) is 5.75 Å². The van der Waals surface area contributed by atoms with Crippen LogP contribution in [0.5, 0.6) is 17.2 Å². The molecule has 0 amide bonds. The number of rotatable bonds is 3. The summed E-state index contributed by atoms with van der Waals surface area (Å²) in [5.74, 6) is 1.86. The smallest absolute Gasteiger partial charge is 0.151 e. The van der Waals surface area contributed by atoms with E-state index < -0.39 is 0 Å². The Morgan fingerprint density at radius 3 is 2.33 bits per heavy atom. The average molecular weight is 240 g/mol. The summed E-state index contributed by atoms with van der Waals surface area (Å²) in [6.45, 7) is 0. The van der Waals surface area contributed by atoms with E-state index in [0.717, 1.165) is 5.75 Å². The van der Waals surface area contributed by atoms with E-state index in [1.807, 2.05) is 6.07 Å². The molecule has 4 heteroatoms. The Labute approximate surface area is 105 Å². The zero-order chi connectivity index (χ0) is 13.0. The maximum absolute atomic E-state index is 8.82. The Kier molecular flexibility index (Phi) is 3.35. The van der Waals surface area contributed by atoms with Gasteiger partial charge in [-0.15, -0.1) is 0 Å². The molecule has 0 saturated carbocycles. The number of hydrogen-bond acceptors (Lipinski definition) is 4. The molecule has 0 aromatic heterocycles. The number of anilines is 1. The minimum absolute atomic E-state index is 0.471. The third-order valence-corrected chi connectivity index (χ3v) is 2.43. The van der Waals surface area contributed by atoms with Crippen LogP contribution in [0.2, 0.25) is 0 Å². The molecule has 18 heavy (non-hydrogen) atoms. The summed E-state index contributed by atoms with van der Waals surface area (Å²) in [5, 5.41) is 8.82. The highest BCUT2D eigenvalue weighted by Gasteiger charge is 2.04. The number of hydrogen-bond donors (Lipinski definition) is 1. The summed E-state index contributed by atoms with van der Waals surface area (Å²) in [7, 11) is 1.60. The van der Waals surface area contributed by atoms with Crippen LogP contribution in [0.25, 0.3) is 0 Å². The molecule has 4 nitrogen and oxygen atoms in total. The number of methoxy groups -OCH3 is 1. The van der Waals surface area contributed by atoms with Gasteiger partial charge in [-0.3, -0.25) is 0 Å². The second kappa shape index (κ2) is 5.11. The van der Waals surface area contributed by atoms with E-state index in [2.05, 4.69) is 0 Å². The molecule has 0 aliphatic rings. The van der Waals surface area contributed by atoms with Gasteiger partial charge in [0.25, 0.3) is 0 Å². The molecule has 0 radical (unpaired) electrons. The van der Waals surface area contributed by atoms with Crippen LogP contribution in [-0.2, 0) is 0 Å². The second-order valence-corrected chi connectivity index (χ2v) is 3.64. The normalized spacial score (nSPS) is 9.56. The predicted octanol–water partition coefficient (Wildman–Crippen LogP) is 2.94. The SMILES string of the molecule is COc1ccc(Oc2cc(C#N)ccc2N)cc1. The minimum atomic E-state index is 0.471. The van der Waals surface area contributed by atoms with Gasteiger partial charge < -0.3 is 15.2 Å². The van der Waals surface area contributed by atoms with E-state index in [4.69, 9.17) is 20.5 Å². The first-order chi connectivity index (χ1) is 8.72. The maximum atomic E-state index is 8.82. The molecular weight excluding hydrogens is 228 g/mol. The molecule has 0 aliphatic heterocycles. The van der Waals surface area contributed by atoms with Crippen LogP contribution in [0.4, 0.5) is 5.69 Å². The van der Waals surface area contributed by atoms with Gasteiger partial charge in [-0.25, -0.2) is 0 Å². The third kappa shape index (κ3) is 2.53. The van der Waals surface area contributed by atoms with E-state index in [-0.39, 0.29) is 0 Å². The third-order valence-electron chi connectivity index (χ3n) is 2.43. The molecule has 0 spiro atoms. The highest BCUT2D eigenvalue weighted by molar-refractivity contribution is 5.57. The predicted molar refractivity (Wildman–Crippen MR) is 68.6 cm³/mol. The number of ether oxygens (including phenoxy) is 2. The fourth-order valence-electron chi connectivity index (χ4n) is 1.46. The number of nitrogen functional groups attached to an aromatic ring is 1. The van der Waals surface area contributed by atoms with Crippen LogP contribution >= 0.6 is 0 Å². The second-order valence-electron chi connectivity index (χ2n) is 3.64. The van der Waals surface area contributed by atoms with Crippen LogP contribution in [0, 0.1) is 11.3 Å². The molecule has 0 fully saturated rings. The number of nitrogens with two attached hydrogens (primary N) is 1. The van der Waals surface area contributed by atoms with Gasteiger partial charge in [-0.1, -0.05) is 0 Å². The van der Waals surface area contributed by atoms with Crippen molar-refractivity contribution in [3.63, 3.8) is 0 Å². The van der Waals surface area contributed by atoms with Crippen molar-refractivity contribution in [2.75, 3.05) is 12.8 Å². The summed E-state index contributed by atoms with van der Waals surface area (Å²) >= 11 is 0. The van der Waals surface area contributed by atoms with Crippen molar-refractivity contribution in [3.05, 3.63) is 48.0 Å². The summed E-state index contributed by atoms with van der Waals surface area (Å²) in [6, 6.07) is 14.1. The molecule has 0 bridgehead atoms. The van der Waals surface area contributed by atoms with Gasteiger partial charge >= 0.3 is 0 Å². The first-order valence-corrected chi connectivity index (χ1v) is 5.34. The highest BCUT2D eigenvalue weighted by Crippen LogP contribution is 2.29. The van der Waals surface area contributed by atoms with Crippen LogP contribution in [0.15, 0.2) is 42.5 Å². The van der Waals surface area contributed by atoms with Gasteiger partial charge in [0, 0.05) is 6.07 Å². The van der Waals surface area contributed by atoms with Gasteiger partial charge in [0.2, 0.25) is 0 Å². The van der Waals surface area contributed by atoms with Crippen molar-refractivity contribution in [1.82, 2.24) is 0 Å². The Balaban J connectivity index is 2.25. The van der Waals surface area contributed by atoms with Gasteiger partial charge in [-0.2, -0.15) is 5.26 Å². The van der Waals surface area contributed by atoms with Crippen molar-refractivity contribution in [3.8, 4) is 23.3 Å². The lowest BCUT2D eigenvalue weighted by atomic mass is 10.2.